The fraction of sp³-hybridized carbons (Fsp3) is 0.875. The molecule has 1 rings (SSSR count). The topological polar surface area (TPSA) is 59.1 Å². The zero-order valence-electron chi connectivity index (χ0n) is 14.3. The molecule has 1 aliphatic heterocycles. The minimum Gasteiger partial charge on any atom is -0.469 e. The number of rotatable bonds is 8. The maximum atomic E-state index is 12.4. The van der Waals surface area contributed by atoms with E-state index >= 15 is 0 Å². The maximum absolute atomic E-state index is 12.4. The van der Waals surface area contributed by atoms with Crippen molar-refractivity contribution in [3.05, 3.63) is 0 Å². The summed E-state index contributed by atoms with van der Waals surface area (Å²) in [6.07, 6.45) is 0.511. The Morgan fingerprint density at radius 3 is 2.41 bits per heavy atom. The minimum absolute atomic E-state index is 0.110. The van der Waals surface area contributed by atoms with E-state index in [0.717, 1.165) is 32.8 Å². The zero-order valence-corrected chi connectivity index (χ0v) is 14.3. The predicted octanol–water partition coefficient (Wildman–Crippen LogP) is 1.00. The predicted molar refractivity (Wildman–Crippen MR) is 84.5 cm³/mol. The quantitative estimate of drug-likeness (QED) is 0.626. The number of carbonyl (C=O) groups excluding carboxylic acids is 2. The smallest absolute Gasteiger partial charge is 0.310 e. The fourth-order valence-corrected chi connectivity index (χ4v) is 2.49. The van der Waals surface area contributed by atoms with Crippen molar-refractivity contribution in [3.63, 3.8) is 0 Å². The molecule has 0 aromatic carbocycles. The first-order valence-electron chi connectivity index (χ1n) is 8.09. The monoisotopic (exact) mass is 314 g/mol. The van der Waals surface area contributed by atoms with Crippen LogP contribution >= 0.6 is 0 Å². The van der Waals surface area contributed by atoms with E-state index in [1.807, 2.05) is 13.8 Å². The van der Waals surface area contributed by atoms with Gasteiger partial charge >= 0.3 is 5.97 Å². The minimum atomic E-state index is -0.300. The third-order valence-corrected chi connectivity index (χ3v) is 3.82. The second-order valence-corrected chi connectivity index (χ2v) is 6.32. The van der Waals surface area contributed by atoms with Gasteiger partial charge in [-0.2, -0.15) is 0 Å². The molecule has 22 heavy (non-hydrogen) atoms. The van der Waals surface area contributed by atoms with Crippen LogP contribution in [0.15, 0.2) is 0 Å². The standard InChI is InChI=1S/C16H30N2O4/c1-13(2)11-15(19)18(12-14(3)16(20)21-4)6-5-17-7-9-22-10-8-17/h13-14H,5-12H2,1-4H3. The van der Waals surface area contributed by atoms with Gasteiger partial charge in [0.25, 0.3) is 0 Å². The number of methoxy groups -OCH3 is 1. The van der Waals surface area contributed by atoms with Crippen molar-refractivity contribution in [1.29, 1.82) is 0 Å². The normalized spacial score (nSPS) is 17.3. The zero-order chi connectivity index (χ0) is 16.5. The Labute approximate surface area is 133 Å². The van der Waals surface area contributed by atoms with Crippen LogP contribution in [0.2, 0.25) is 0 Å². The van der Waals surface area contributed by atoms with E-state index in [4.69, 9.17) is 9.47 Å². The van der Waals surface area contributed by atoms with Gasteiger partial charge in [0.1, 0.15) is 0 Å². The summed E-state index contributed by atoms with van der Waals surface area (Å²) in [5, 5.41) is 0. The Morgan fingerprint density at radius 1 is 1.23 bits per heavy atom. The molecule has 6 nitrogen and oxygen atoms in total. The lowest BCUT2D eigenvalue weighted by Gasteiger charge is -2.31. The highest BCUT2D eigenvalue weighted by molar-refractivity contribution is 5.78. The highest BCUT2D eigenvalue weighted by Gasteiger charge is 2.23. The first-order chi connectivity index (χ1) is 10.4. The van der Waals surface area contributed by atoms with Gasteiger partial charge in [0, 0.05) is 39.1 Å². The van der Waals surface area contributed by atoms with Crippen LogP contribution in [-0.4, -0.2) is 74.7 Å². The summed E-state index contributed by atoms with van der Waals surface area (Å²) in [7, 11) is 1.38. The van der Waals surface area contributed by atoms with Crippen molar-refractivity contribution in [3.8, 4) is 0 Å². The summed E-state index contributed by atoms with van der Waals surface area (Å²) in [6.45, 7) is 11.0. The summed E-state index contributed by atoms with van der Waals surface area (Å²) >= 11 is 0. The van der Waals surface area contributed by atoms with E-state index in [1.54, 1.807) is 11.8 Å². The molecular weight excluding hydrogens is 284 g/mol. The second kappa shape index (κ2) is 9.79. The molecule has 0 aliphatic carbocycles. The van der Waals surface area contributed by atoms with Gasteiger partial charge in [-0.05, 0) is 5.92 Å². The Balaban J connectivity index is 2.55. The summed E-state index contributed by atoms with van der Waals surface area (Å²) in [4.78, 5) is 28.1. The molecule has 1 aliphatic rings. The number of ether oxygens (including phenoxy) is 2. The number of carbonyl (C=O) groups is 2. The molecule has 0 aromatic heterocycles. The maximum Gasteiger partial charge on any atom is 0.310 e. The first kappa shape index (κ1) is 18.9. The molecule has 0 aromatic rings. The largest absolute Gasteiger partial charge is 0.469 e. The summed E-state index contributed by atoms with van der Waals surface area (Å²) in [6, 6.07) is 0. The summed E-state index contributed by atoms with van der Waals surface area (Å²) in [5.74, 6) is -0.148. The molecule has 1 atom stereocenters. The van der Waals surface area contributed by atoms with E-state index in [0.29, 0.717) is 25.4 Å². The van der Waals surface area contributed by atoms with E-state index < -0.39 is 0 Å². The molecule has 1 saturated heterocycles. The van der Waals surface area contributed by atoms with Crippen molar-refractivity contribution >= 4 is 11.9 Å². The van der Waals surface area contributed by atoms with E-state index in [2.05, 4.69) is 4.90 Å². The molecule has 6 heteroatoms. The highest BCUT2D eigenvalue weighted by Crippen LogP contribution is 2.09. The van der Waals surface area contributed by atoms with Crippen LogP contribution in [0.25, 0.3) is 0 Å². The van der Waals surface area contributed by atoms with E-state index in [1.165, 1.54) is 7.11 Å². The van der Waals surface area contributed by atoms with Crippen LogP contribution in [0.3, 0.4) is 0 Å². The van der Waals surface area contributed by atoms with E-state index in [-0.39, 0.29) is 17.8 Å². The number of hydrogen-bond donors (Lipinski definition) is 0. The molecule has 0 bridgehead atoms. The Bertz CT molecular complexity index is 354. The summed E-state index contributed by atoms with van der Waals surface area (Å²) in [5.41, 5.74) is 0. The van der Waals surface area contributed by atoms with Gasteiger partial charge in [0.15, 0.2) is 0 Å². The van der Waals surface area contributed by atoms with Crippen LogP contribution in [0.1, 0.15) is 27.2 Å². The van der Waals surface area contributed by atoms with Gasteiger partial charge in [-0.15, -0.1) is 0 Å². The lowest BCUT2D eigenvalue weighted by atomic mass is 10.1. The Kier molecular flexibility index (Phi) is 8.42. The van der Waals surface area contributed by atoms with Crippen LogP contribution in [-0.2, 0) is 19.1 Å². The van der Waals surface area contributed by atoms with Gasteiger partial charge in [0.05, 0.1) is 26.2 Å². The van der Waals surface area contributed by atoms with Crippen LogP contribution in [0.4, 0.5) is 0 Å². The van der Waals surface area contributed by atoms with Crippen LogP contribution in [0, 0.1) is 11.8 Å². The SMILES string of the molecule is COC(=O)C(C)CN(CCN1CCOCC1)C(=O)CC(C)C. The Hall–Kier alpha value is -1.14. The third kappa shape index (κ3) is 6.75. The van der Waals surface area contributed by atoms with E-state index in [9.17, 15) is 9.59 Å². The third-order valence-electron chi connectivity index (χ3n) is 3.82. The number of hydrogen-bond acceptors (Lipinski definition) is 5. The van der Waals surface area contributed by atoms with Crippen molar-refractivity contribution in [2.75, 3.05) is 53.0 Å². The first-order valence-corrected chi connectivity index (χ1v) is 8.09. The molecule has 128 valence electrons. The number of esters is 1. The van der Waals surface area contributed by atoms with Gasteiger partial charge < -0.3 is 14.4 Å². The molecule has 0 N–H and O–H groups in total. The molecule has 0 radical (unpaired) electrons. The Morgan fingerprint density at radius 2 is 1.86 bits per heavy atom. The molecule has 1 unspecified atom stereocenters. The van der Waals surface area contributed by atoms with Crippen LogP contribution in [0.5, 0.6) is 0 Å². The summed E-state index contributed by atoms with van der Waals surface area (Å²) < 4.78 is 10.1. The number of amides is 1. The molecule has 0 saturated carbocycles. The number of nitrogens with zero attached hydrogens (tertiary/aromatic N) is 2. The molecule has 0 spiro atoms. The average molecular weight is 314 g/mol. The molecule has 1 fully saturated rings. The van der Waals surface area contributed by atoms with Crippen molar-refractivity contribution in [2.45, 2.75) is 27.2 Å². The molecule has 1 heterocycles. The van der Waals surface area contributed by atoms with Gasteiger partial charge in [-0.25, -0.2) is 0 Å². The van der Waals surface area contributed by atoms with Crippen molar-refractivity contribution < 1.29 is 19.1 Å². The molecule has 1 amide bonds. The fourth-order valence-electron chi connectivity index (χ4n) is 2.49. The van der Waals surface area contributed by atoms with Crippen molar-refractivity contribution in [1.82, 2.24) is 9.80 Å². The number of morpholine rings is 1. The highest BCUT2D eigenvalue weighted by atomic mass is 16.5. The van der Waals surface area contributed by atoms with Gasteiger partial charge in [-0.1, -0.05) is 20.8 Å². The van der Waals surface area contributed by atoms with Gasteiger partial charge in [0.2, 0.25) is 5.91 Å². The van der Waals surface area contributed by atoms with Crippen LogP contribution < -0.4 is 0 Å². The van der Waals surface area contributed by atoms with Gasteiger partial charge in [-0.3, -0.25) is 14.5 Å². The second-order valence-electron chi connectivity index (χ2n) is 6.32. The van der Waals surface area contributed by atoms with Crippen molar-refractivity contribution in [2.24, 2.45) is 11.8 Å². The molecular formula is C16H30N2O4. The lowest BCUT2D eigenvalue weighted by molar-refractivity contribution is -0.146. The average Bonchev–Trinajstić information content (AvgIpc) is 2.50. The lowest BCUT2D eigenvalue weighted by Crippen LogP contribution is -2.45.